The van der Waals surface area contributed by atoms with Crippen molar-refractivity contribution < 1.29 is 13.5 Å². The Kier molecular flexibility index (Phi) is 3.46. The maximum Gasteiger partial charge on any atom is 0.261 e. The van der Waals surface area contributed by atoms with E-state index in [0.717, 1.165) is 16.9 Å². The first-order valence-corrected chi connectivity index (χ1v) is 5.52. The fourth-order valence-corrected chi connectivity index (χ4v) is 1.90. The number of ether oxygens (including phenoxy) is 1. The number of imidazole rings is 1. The van der Waals surface area contributed by atoms with Crippen LogP contribution in [-0.4, -0.2) is 39.0 Å². The summed E-state index contributed by atoms with van der Waals surface area (Å²) in [5.41, 5.74) is 8.06. The standard InChI is InChI=1S/C10H15F2N5O/c1-6-8-9(16(2)15-6)17(10(13)14-8)3-4-18-5-7(11)12/h7H,3-5H2,1-2H3,(H2,13,14). The van der Waals surface area contributed by atoms with Crippen molar-refractivity contribution in [2.24, 2.45) is 7.05 Å². The number of nitrogens with two attached hydrogens (primary N) is 1. The van der Waals surface area contributed by atoms with E-state index in [0.29, 0.717) is 12.5 Å². The second-order valence-corrected chi connectivity index (χ2v) is 3.97. The minimum atomic E-state index is -2.45. The molecule has 0 radical (unpaired) electrons. The summed E-state index contributed by atoms with van der Waals surface area (Å²) in [6, 6.07) is 0. The van der Waals surface area contributed by atoms with Gasteiger partial charge in [0.05, 0.1) is 18.8 Å². The van der Waals surface area contributed by atoms with Crippen LogP contribution in [-0.2, 0) is 18.3 Å². The van der Waals surface area contributed by atoms with E-state index in [2.05, 4.69) is 10.1 Å². The van der Waals surface area contributed by atoms with Crippen molar-refractivity contribution in [3.63, 3.8) is 0 Å². The smallest absolute Gasteiger partial charge is 0.261 e. The summed E-state index contributed by atoms with van der Waals surface area (Å²) in [5.74, 6) is 0.335. The summed E-state index contributed by atoms with van der Waals surface area (Å²) in [6.07, 6.45) is -2.45. The number of nitrogen functional groups attached to an aromatic ring is 1. The molecule has 0 aliphatic carbocycles. The van der Waals surface area contributed by atoms with Crippen molar-refractivity contribution in [3.05, 3.63) is 5.69 Å². The van der Waals surface area contributed by atoms with Gasteiger partial charge in [-0.1, -0.05) is 0 Å². The van der Waals surface area contributed by atoms with Crippen molar-refractivity contribution in [1.82, 2.24) is 19.3 Å². The molecule has 0 unspecified atom stereocenters. The largest absolute Gasteiger partial charge is 0.374 e. The number of halogens is 2. The third-order valence-electron chi connectivity index (χ3n) is 2.62. The van der Waals surface area contributed by atoms with Gasteiger partial charge in [0, 0.05) is 7.05 Å². The Labute approximate surface area is 102 Å². The van der Waals surface area contributed by atoms with Crippen LogP contribution in [0.1, 0.15) is 5.69 Å². The fraction of sp³-hybridized carbons (Fsp3) is 0.600. The van der Waals surface area contributed by atoms with Crippen LogP contribution < -0.4 is 5.73 Å². The number of anilines is 1. The molecule has 2 rings (SSSR count). The number of hydrogen-bond acceptors (Lipinski definition) is 4. The zero-order valence-electron chi connectivity index (χ0n) is 10.2. The van der Waals surface area contributed by atoms with Gasteiger partial charge in [-0.25, -0.2) is 13.8 Å². The highest BCUT2D eigenvalue weighted by Gasteiger charge is 2.15. The lowest BCUT2D eigenvalue weighted by Crippen LogP contribution is -2.13. The highest BCUT2D eigenvalue weighted by molar-refractivity contribution is 5.77. The Hall–Kier alpha value is -1.70. The zero-order valence-corrected chi connectivity index (χ0v) is 10.2. The summed E-state index contributed by atoms with van der Waals surface area (Å²) >= 11 is 0. The van der Waals surface area contributed by atoms with Crippen molar-refractivity contribution in [2.45, 2.75) is 19.9 Å². The van der Waals surface area contributed by atoms with Crippen LogP contribution in [0.3, 0.4) is 0 Å². The quantitative estimate of drug-likeness (QED) is 0.811. The Morgan fingerprint density at radius 1 is 1.44 bits per heavy atom. The predicted octanol–water partition coefficient (Wildman–Crippen LogP) is 0.942. The van der Waals surface area contributed by atoms with Gasteiger partial charge in [0.1, 0.15) is 12.1 Å². The van der Waals surface area contributed by atoms with E-state index in [1.807, 2.05) is 6.92 Å². The van der Waals surface area contributed by atoms with Gasteiger partial charge in [-0.15, -0.1) is 0 Å². The van der Waals surface area contributed by atoms with Crippen LogP contribution in [0.2, 0.25) is 0 Å². The van der Waals surface area contributed by atoms with Gasteiger partial charge in [0.15, 0.2) is 5.65 Å². The van der Waals surface area contributed by atoms with E-state index in [4.69, 9.17) is 10.5 Å². The van der Waals surface area contributed by atoms with E-state index in [9.17, 15) is 8.78 Å². The summed E-state index contributed by atoms with van der Waals surface area (Å²) in [7, 11) is 1.78. The predicted molar refractivity (Wildman–Crippen MR) is 62.5 cm³/mol. The average Bonchev–Trinajstić information content (AvgIpc) is 2.74. The number of rotatable bonds is 5. The highest BCUT2D eigenvalue weighted by Crippen LogP contribution is 2.19. The second-order valence-electron chi connectivity index (χ2n) is 3.97. The zero-order chi connectivity index (χ0) is 13.3. The van der Waals surface area contributed by atoms with Gasteiger partial charge < -0.3 is 10.5 Å². The molecular formula is C10H15F2N5O. The molecule has 0 saturated carbocycles. The summed E-state index contributed by atoms with van der Waals surface area (Å²) < 4.78 is 32.0. The third kappa shape index (κ3) is 2.28. The summed E-state index contributed by atoms with van der Waals surface area (Å²) in [5, 5.41) is 4.23. The minimum absolute atomic E-state index is 0.157. The molecule has 0 fully saturated rings. The van der Waals surface area contributed by atoms with E-state index in [1.54, 1.807) is 16.3 Å². The van der Waals surface area contributed by atoms with Gasteiger partial charge in [-0.3, -0.25) is 9.25 Å². The van der Waals surface area contributed by atoms with Crippen LogP contribution >= 0.6 is 0 Å². The number of fused-ring (bicyclic) bond motifs is 1. The van der Waals surface area contributed by atoms with Crippen LogP contribution in [0.25, 0.3) is 11.2 Å². The molecule has 0 aliphatic rings. The van der Waals surface area contributed by atoms with Gasteiger partial charge in [-0.05, 0) is 6.92 Å². The van der Waals surface area contributed by atoms with Gasteiger partial charge in [0.25, 0.3) is 6.43 Å². The SMILES string of the molecule is Cc1nn(C)c2c1nc(N)n2CCOCC(F)F. The lowest BCUT2D eigenvalue weighted by molar-refractivity contribution is 0.0151. The normalized spacial score (nSPS) is 11.8. The first-order valence-electron chi connectivity index (χ1n) is 5.52. The molecule has 0 aliphatic heterocycles. The Morgan fingerprint density at radius 2 is 2.17 bits per heavy atom. The second kappa shape index (κ2) is 4.89. The molecule has 100 valence electrons. The van der Waals surface area contributed by atoms with Crippen molar-refractivity contribution in [3.8, 4) is 0 Å². The molecule has 2 N–H and O–H groups in total. The van der Waals surface area contributed by atoms with E-state index < -0.39 is 13.0 Å². The van der Waals surface area contributed by atoms with Gasteiger partial charge in [0.2, 0.25) is 5.95 Å². The number of nitrogens with zero attached hydrogens (tertiary/aromatic N) is 4. The molecule has 0 bridgehead atoms. The van der Waals surface area contributed by atoms with Gasteiger partial charge in [-0.2, -0.15) is 5.10 Å². The Morgan fingerprint density at radius 3 is 2.83 bits per heavy atom. The maximum absolute atomic E-state index is 11.9. The summed E-state index contributed by atoms with van der Waals surface area (Å²) in [6.45, 7) is 1.80. The van der Waals surface area contributed by atoms with Crippen LogP contribution in [0, 0.1) is 6.92 Å². The molecule has 0 atom stereocenters. The maximum atomic E-state index is 11.9. The first kappa shape index (κ1) is 12.7. The lowest BCUT2D eigenvalue weighted by Gasteiger charge is -2.07. The molecule has 2 aromatic rings. The number of aryl methyl sites for hydroxylation is 2. The monoisotopic (exact) mass is 259 g/mol. The van der Waals surface area contributed by atoms with E-state index >= 15 is 0 Å². The molecule has 18 heavy (non-hydrogen) atoms. The van der Waals surface area contributed by atoms with Crippen LogP contribution in [0.4, 0.5) is 14.7 Å². The Bertz CT molecular complexity index is 548. The molecule has 0 spiro atoms. The number of hydrogen-bond donors (Lipinski definition) is 1. The van der Waals surface area contributed by atoms with Crippen molar-refractivity contribution in [1.29, 1.82) is 0 Å². The Balaban J connectivity index is 2.15. The van der Waals surface area contributed by atoms with E-state index in [-0.39, 0.29) is 6.61 Å². The summed E-state index contributed by atoms with van der Waals surface area (Å²) in [4.78, 5) is 4.20. The molecule has 0 aromatic carbocycles. The van der Waals surface area contributed by atoms with Crippen LogP contribution in [0.5, 0.6) is 0 Å². The van der Waals surface area contributed by atoms with Crippen molar-refractivity contribution in [2.75, 3.05) is 18.9 Å². The lowest BCUT2D eigenvalue weighted by atomic mass is 10.4. The molecule has 2 heterocycles. The fourth-order valence-electron chi connectivity index (χ4n) is 1.90. The molecule has 2 aromatic heterocycles. The molecule has 8 heteroatoms. The third-order valence-corrected chi connectivity index (χ3v) is 2.62. The molecule has 0 amide bonds. The molecule has 0 saturated heterocycles. The van der Waals surface area contributed by atoms with E-state index in [1.165, 1.54) is 0 Å². The molecule has 6 nitrogen and oxygen atoms in total. The topological polar surface area (TPSA) is 70.9 Å². The highest BCUT2D eigenvalue weighted by atomic mass is 19.3. The minimum Gasteiger partial charge on any atom is -0.374 e. The number of alkyl halides is 2. The molecular weight excluding hydrogens is 244 g/mol. The average molecular weight is 259 g/mol. The van der Waals surface area contributed by atoms with Crippen LogP contribution in [0.15, 0.2) is 0 Å². The first-order chi connectivity index (χ1) is 8.50. The van der Waals surface area contributed by atoms with Crippen molar-refractivity contribution >= 4 is 17.1 Å². The number of aromatic nitrogens is 4. The van der Waals surface area contributed by atoms with Gasteiger partial charge >= 0.3 is 0 Å².